The molecule has 2 aliphatic rings. The molecule has 0 radical (unpaired) electrons. The molecule has 2 fully saturated rings. The van der Waals surface area contributed by atoms with Gasteiger partial charge in [-0.25, -0.2) is 13.2 Å². The summed E-state index contributed by atoms with van der Waals surface area (Å²) in [5.41, 5.74) is 0.928. The number of carbonyl (C=O) groups is 1. The quantitative estimate of drug-likeness (QED) is 0.621. The van der Waals surface area contributed by atoms with Crippen LogP contribution >= 0.6 is 0 Å². The first kappa shape index (κ1) is 21.8. The SMILES string of the molecule is Cc1noc(C(C)OC(=O)c2cc(S(=O)(=O)N3CCCCC3)ccc2N2CCCC2)n1. The molecular weight excluding hydrogens is 420 g/mol. The normalized spacial score (nSPS) is 18.8. The molecule has 3 heterocycles. The second kappa shape index (κ2) is 8.96. The van der Waals surface area contributed by atoms with E-state index >= 15 is 0 Å². The Balaban J connectivity index is 1.65. The Morgan fingerprint density at radius 1 is 1.10 bits per heavy atom. The van der Waals surface area contributed by atoms with Crippen LogP contribution in [0.15, 0.2) is 27.6 Å². The lowest BCUT2D eigenvalue weighted by Crippen LogP contribution is -2.35. The average molecular weight is 449 g/mol. The van der Waals surface area contributed by atoms with Crippen molar-refractivity contribution in [2.45, 2.75) is 57.0 Å². The van der Waals surface area contributed by atoms with Crippen LogP contribution in [-0.2, 0) is 14.8 Å². The molecule has 0 amide bonds. The third-order valence-electron chi connectivity index (χ3n) is 5.76. The largest absolute Gasteiger partial charge is 0.449 e. The molecule has 10 heteroatoms. The highest BCUT2D eigenvalue weighted by atomic mass is 32.2. The van der Waals surface area contributed by atoms with Crippen LogP contribution < -0.4 is 4.90 Å². The van der Waals surface area contributed by atoms with Gasteiger partial charge in [-0.3, -0.25) is 0 Å². The molecule has 0 spiro atoms. The first-order valence-electron chi connectivity index (χ1n) is 10.8. The second-order valence-corrected chi connectivity index (χ2v) is 10.0. The van der Waals surface area contributed by atoms with Crippen molar-refractivity contribution in [2.75, 3.05) is 31.1 Å². The zero-order chi connectivity index (χ0) is 22.0. The van der Waals surface area contributed by atoms with Gasteiger partial charge in [-0.2, -0.15) is 9.29 Å². The fraction of sp³-hybridized carbons (Fsp3) is 0.571. The van der Waals surface area contributed by atoms with Gasteiger partial charge in [-0.05, 0) is 57.7 Å². The van der Waals surface area contributed by atoms with Crippen LogP contribution in [-0.4, -0.2) is 55.0 Å². The lowest BCUT2D eigenvalue weighted by atomic mass is 10.1. The van der Waals surface area contributed by atoms with Crippen LogP contribution in [0, 0.1) is 6.92 Å². The number of aryl methyl sites for hydroxylation is 1. The molecule has 2 saturated heterocycles. The predicted molar refractivity (Wildman–Crippen MR) is 113 cm³/mol. The Bertz CT molecular complexity index is 1040. The van der Waals surface area contributed by atoms with Crippen molar-refractivity contribution in [1.82, 2.24) is 14.4 Å². The third kappa shape index (κ3) is 4.59. The van der Waals surface area contributed by atoms with E-state index in [4.69, 9.17) is 9.26 Å². The maximum absolute atomic E-state index is 13.2. The number of esters is 1. The molecule has 0 bridgehead atoms. The van der Waals surface area contributed by atoms with E-state index in [9.17, 15) is 13.2 Å². The number of benzene rings is 1. The topological polar surface area (TPSA) is 106 Å². The van der Waals surface area contributed by atoms with Crippen LogP contribution in [0.25, 0.3) is 0 Å². The summed E-state index contributed by atoms with van der Waals surface area (Å²) in [6.07, 6.45) is 4.04. The molecule has 9 nitrogen and oxygen atoms in total. The summed E-state index contributed by atoms with van der Waals surface area (Å²) in [7, 11) is -3.67. The van der Waals surface area contributed by atoms with E-state index in [-0.39, 0.29) is 16.3 Å². The molecule has 2 aliphatic heterocycles. The minimum Gasteiger partial charge on any atom is -0.449 e. The first-order valence-corrected chi connectivity index (χ1v) is 12.2. The molecule has 0 aliphatic carbocycles. The lowest BCUT2D eigenvalue weighted by Gasteiger charge is -2.27. The Morgan fingerprint density at radius 2 is 1.77 bits per heavy atom. The fourth-order valence-corrected chi connectivity index (χ4v) is 5.62. The zero-order valence-electron chi connectivity index (χ0n) is 17.9. The maximum atomic E-state index is 13.2. The minimum atomic E-state index is -3.67. The monoisotopic (exact) mass is 448 g/mol. The molecule has 31 heavy (non-hydrogen) atoms. The summed E-state index contributed by atoms with van der Waals surface area (Å²) in [5, 5.41) is 3.73. The molecule has 2 aromatic rings. The summed E-state index contributed by atoms with van der Waals surface area (Å²) in [6.45, 7) is 5.97. The molecule has 0 N–H and O–H groups in total. The number of sulfonamides is 1. The molecule has 1 aromatic carbocycles. The number of aromatic nitrogens is 2. The Kier molecular flexibility index (Phi) is 6.29. The zero-order valence-corrected chi connectivity index (χ0v) is 18.7. The Morgan fingerprint density at radius 3 is 2.42 bits per heavy atom. The lowest BCUT2D eigenvalue weighted by molar-refractivity contribution is 0.0266. The van der Waals surface area contributed by atoms with Gasteiger partial charge in [-0.15, -0.1) is 0 Å². The van der Waals surface area contributed by atoms with E-state index in [1.807, 2.05) is 0 Å². The van der Waals surface area contributed by atoms with Crippen molar-refractivity contribution < 1.29 is 22.5 Å². The van der Waals surface area contributed by atoms with Crippen molar-refractivity contribution in [1.29, 1.82) is 0 Å². The third-order valence-corrected chi connectivity index (χ3v) is 7.66. The van der Waals surface area contributed by atoms with E-state index in [0.717, 1.165) is 45.2 Å². The van der Waals surface area contributed by atoms with Gasteiger partial charge in [-0.1, -0.05) is 11.6 Å². The molecule has 1 atom stereocenters. The Hall–Kier alpha value is -2.46. The van der Waals surface area contributed by atoms with Crippen LogP contribution in [0.4, 0.5) is 5.69 Å². The first-order chi connectivity index (χ1) is 14.9. The van der Waals surface area contributed by atoms with Crippen molar-refractivity contribution in [2.24, 2.45) is 0 Å². The van der Waals surface area contributed by atoms with Crippen LogP contribution in [0.1, 0.15) is 67.2 Å². The number of anilines is 1. The molecule has 4 rings (SSSR count). The van der Waals surface area contributed by atoms with Gasteiger partial charge in [0.25, 0.3) is 5.89 Å². The maximum Gasteiger partial charge on any atom is 0.341 e. The van der Waals surface area contributed by atoms with E-state index in [1.54, 1.807) is 26.0 Å². The van der Waals surface area contributed by atoms with Crippen molar-refractivity contribution in [3.8, 4) is 0 Å². The summed E-state index contributed by atoms with van der Waals surface area (Å²) in [5.74, 6) is 0.0388. The number of hydrogen-bond acceptors (Lipinski definition) is 8. The minimum absolute atomic E-state index is 0.116. The van der Waals surface area contributed by atoms with Crippen LogP contribution in [0.3, 0.4) is 0 Å². The molecule has 0 saturated carbocycles. The summed E-state index contributed by atoms with van der Waals surface area (Å²) < 4.78 is 38.5. The van der Waals surface area contributed by atoms with Gasteiger partial charge < -0.3 is 14.2 Å². The number of carbonyl (C=O) groups excluding carboxylic acids is 1. The number of ether oxygens (including phenoxy) is 1. The van der Waals surface area contributed by atoms with Crippen molar-refractivity contribution in [3.63, 3.8) is 0 Å². The number of piperidine rings is 1. The Labute approximate surface area is 182 Å². The standard InChI is InChI=1S/C21H28N4O5S/c1-15(20-22-16(2)23-30-20)29-21(26)18-14-17(8-9-19(18)24-10-6-7-11-24)31(27,28)25-12-4-3-5-13-25/h8-9,14-15H,3-7,10-13H2,1-2H3. The highest BCUT2D eigenvalue weighted by Crippen LogP contribution is 2.31. The van der Waals surface area contributed by atoms with E-state index in [0.29, 0.717) is 24.6 Å². The summed E-state index contributed by atoms with van der Waals surface area (Å²) >= 11 is 0. The van der Waals surface area contributed by atoms with E-state index in [2.05, 4.69) is 15.0 Å². The van der Waals surface area contributed by atoms with Gasteiger partial charge in [0.2, 0.25) is 10.0 Å². The summed E-state index contributed by atoms with van der Waals surface area (Å²) in [4.78, 5) is 19.4. The van der Waals surface area contributed by atoms with Gasteiger partial charge in [0, 0.05) is 26.2 Å². The molecule has 1 unspecified atom stereocenters. The molecular formula is C21H28N4O5S. The fourth-order valence-electron chi connectivity index (χ4n) is 4.08. The highest BCUT2D eigenvalue weighted by Gasteiger charge is 2.30. The van der Waals surface area contributed by atoms with E-state index in [1.165, 1.54) is 10.4 Å². The van der Waals surface area contributed by atoms with E-state index < -0.39 is 22.1 Å². The van der Waals surface area contributed by atoms with Gasteiger partial charge in [0.1, 0.15) is 0 Å². The molecule has 1 aromatic heterocycles. The second-order valence-electron chi connectivity index (χ2n) is 8.07. The predicted octanol–water partition coefficient (Wildman–Crippen LogP) is 3.07. The number of hydrogen-bond donors (Lipinski definition) is 0. The summed E-state index contributed by atoms with van der Waals surface area (Å²) in [6, 6.07) is 4.77. The number of rotatable bonds is 6. The van der Waals surface area contributed by atoms with Gasteiger partial charge >= 0.3 is 5.97 Å². The van der Waals surface area contributed by atoms with Crippen LogP contribution in [0.5, 0.6) is 0 Å². The number of nitrogens with zero attached hydrogens (tertiary/aromatic N) is 4. The van der Waals surface area contributed by atoms with Crippen molar-refractivity contribution in [3.05, 3.63) is 35.5 Å². The smallest absolute Gasteiger partial charge is 0.341 e. The van der Waals surface area contributed by atoms with Gasteiger partial charge in [0.15, 0.2) is 11.9 Å². The highest BCUT2D eigenvalue weighted by molar-refractivity contribution is 7.89. The van der Waals surface area contributed by atoms with Crippen LogP contribution in [0.2, 0.25) is 0 Å². The average Bonchev–Trinajstić information content (AvgIpc) is 3.46. The van der Waals surface area contributed by atoms with Crippen molar-refractivity contribution >= 4 is 21.7 Å². The molecule has 168 valence electrons. The van der Waals surface area contributed by atoms with Gasteiger partial charge in [0.05, 0.1) is 16.1 Å².